The average Bonchev–Trinajstić information content (AvgIpc) is 2.81. The van der Waals surface area contributed by atoms with Crippen molar-refractivity contribution in [3.05, 3.63) is 11.4 Å². The number of likely N-dealkylation sites (tertiary alicyclic amines) is 1. The third kappa shape index (κ3) is 3.32. The molecular weight excluding hydrogens is 244 g/mol. The Kier molecular flexibility index (Phi) is 4.52. The van der Waals surface area contributed by atoms with Crippen LogP contribution in [0.25, 0.3) is 0 Å². The zero-order chi connectivity index (χ0) is 13.8. The molecule has 2 rings (SSSR count). The number of aromatic nitrogens is 3. The van der Waals surface area contributed by atoms with Gasteiger partial charge in [-0.1, -0.05) is 25.5 Å². The molecule has 0 radical (unpaired) electrons. The standard InChI is InChI=1S/C13H22N4O2/c1-10(2)12-11(13(18)19)14-15-17(12)9-8-16-6-4-3-5-7-16/h10H,3-9H2,1-2H3,(H,18,19). The monoisotopic (exact) mass is 266 g/mol. The maximum atomic E-state index is 11.1. The Labute approximate surface area is 113 Å². The molecule has 1 aromatic rings. The van der Waals surface area contributed by atoms with Gasteiger partial charge in [-0.3, -0.25) is 0 Å². The van der Waals surface area contributed by atoms with E-state index in [1.54, 1.807) is 4.68 Å². The van der Waals surface area contributed by atoms with Crippen LogP contribution in [0.4, 0.5) is 0 Å². The Morgan fingerprint density at radius 3 is 2.53 bits per heavy atom. The predicted octanol–water partition coefficient (Wildman–Crippen LogP) is 1.59. The molecular formula is C13H22N4O2. The Bertz CT molecular complexity index is 436. The molecule has 6 nitrogen and oxygen atoms in total. The first-order valence-electron chi connectivity index (χ1n) is 6.98. The minimum atomic E-state index is -0.993. The van der Waals surface area contributed by atoms with Gasteiger partial charge >= 0.3 is 5.97 Å². The van der Waals surface area contributed by atoms with Crippen LogP contribution in [0.2, 0.25) is 0 Å². The molecule has 0 amide bonds. The lowest BCUT2D eigenvalue weighted by Gasteiger charge is -2.26. The first kappa shape index (κ1) is 14.0. The van der Waals surface area contributed by atoms with Crippen molar-refractivity contribution in [3.8, 4) is 0 Å². The van der Waals surface area contributed by atoms with Gasteiger partial charge in [0.15, 0.2) is 5.69 Å². The molecule has 0 spiro atoms. The molecule has 2 heterocycles. The summed E-state index contributed by atoms with van der Waals surface area (Å²) in [5, 5.41) is 16.9. The summed E-state index contributed by atoms with van der Waals surface area (Å²) in [4.78, 5) is 13.5. The summed E-state index contributed by atoms with van der Waals surface area (Å²) in [6, 6.07) is 0. The maximum absolute atomic E-state index is 11.1. The maximum Gasteiger partial charge on any atom is 0.358 e. The molecule has 0 bridgehead atoms. The van der Waals surface area contributed by atoms with E-state index in [0.29, 0.717) is 6.54 Å². The predicted molar refractivity (Wildman–Crippen MR) is 71.4 cm³/mol. The van der Waals surface area contributed by atoms with E-state index in [1.165, 1.54) is 19.3 Å². The molecule has 1 saturated heterocycles. The zero-order valence-corrected chi connectivity index (χ0v) is 11.7. The molecule has 1 aliphatic heterocycles. The molecule has 0 unspecified atom stereocenters. The van der Waals surface area contributed by atoms with Gasteiger partial charge in [0, 0.05) is 6.54 Å². The van der Waals surface area contributed by atoms with Crippen LogP contribution in [0, 0.1) is 0 Å². The summed E-state index contributed by atoms with van der Waals surface area (Å²) in [5.41, 5.74) is 0.818. The molecule has 1 N–H and O–H groups in total. The fourth-order valence-electron chi connectivity index (χ4n) is 2.63. The Balaban J connectivity index is 2.05. The molecule has 6 heteroatoms. The number of aromatic carboxylic acids is 1. The van der Waals surface area contributed by atoms with Crippen molar-refractivity contribution in [1.29, 1.82) is 0 Å². The number of nitrogens with zero attached hydrogens (tertiary/aromatic N) is 4. The first-order chi connectivity index (χ1) is 9.09. The second-order valence-corrected chi connectivity index (χ2v) is 5.41. The van der Waals surface area contributed by atoms with Gasteiger partial charge in [0.1, 0.15) is 0 Å². The van der Waals surface area contributed by atoms with Crippen LogP contribution in [0.1, 0.15) is 55.2 Å². The second-order valence-electron chi connectivity index (χ2n) is 5.41. The summed E-state index contributed by atoms with van der Waals surface area (Å²) in [7, 11) is 0. The molecule has 0 saturated carbocycles. The van der Waals surface area contributed by atoms with Crippen LogP contribution in [0.5, 0.6) is 0 Å². The number of carboxylic acids is 1. The average molecular weight is 266 g/mol. The summed E-state index contributed by atoms with van der Waals surface area (Å²) in [6.45, 7) is 7.86. The van der Waals surface area contributed by atoms with Gasteiger partial charge in [-0.25, -0.2) is 9.48 Å². The number of hydrogen-bond donors (Lipinski definition) is 1. The smallest absolute Gasteiger partial charge is 0.358 e. The van der Waals surface area contributed by atoms with Crippen molar-refractivity contribution in [2.45, 2.75) is 45.6 Å². The lowest BCUT2D eigenvalue weighted by atomic mass is 10.1. The second kappa shape index (κ2) is 6.14. The van der Waals surface area contributed by atoms with Gasteiger partial charge in [-0.05, 0) is 31.8 Å². The Morgan fingerprint density at radius 1 is 1.26 bits per heavy atom. The highest BCUT2D eigenvalue weighted by Gasteiger charge is 2.21. The normalized spacial score (nSPS) is 17.0. The van der Waals surface area contributed by atoms with Gasteiger partial charge in [-0.15, -0.1) is 5.10 Å². The molecule has 1 aromatic heterocycles. The Hall–Kier alpha value is -1.43. The van der Waals surface area contributed by atoms with Crippen molar-refractivity contribution in [2.24, 2.45) is 0 Å². The van der Waals surface area contributed by atoms with E-state index in [-0.39, 0.29) is 11.6 Å². The van der Waals surface area contributed by atoms with Gasteiger partial charge in [0.05, 0.1) is 12.2 Å². The number of rotatable bonds is 5. The van der Waals surface area contributed by atoms with E-state index < -0.39 is 5.97 Å². The van der Waals surface area contributed by atoms with Crippen molar-refractivity contribution in [1.82, 2.24) is 19.9 Å². The van der Waals surface area contributed by atoms with Crippen LogP contribution in [-0.2, 0) is 6.54 Å². The molecule has 0 aromatic carbocycles. The van der Waals surface area contributed by atoms with E-state index in [0.717, 1.165) is 25.3 Å². The van der Waals surface area contributed by atoms with E-state index in [1.807, 2.05) is 13.8 Å². The minimum Gasteiger partial charge on any atom is -0.476 e. The highest BCUT2D eigenvalue weighted by atomic mass is 16.4. The van der Waals surface area contributed by atoms with E-state index in [9.17, 15) is 4.79 Å². The largest absolute Gasteiger partial charge is 0.476 e. The van der Waals surface area contributed by atoms with Crippen LogP contribution < -0.4 is 0 Å². The third-order valence-electron chi connectivity index (χ3n) is 3.60. The molecule has 0 aliphatic carbocycles. The van der Waals surface area contributed by atoms with E-state index in [2.05, 4.69) is 15.2 Å². The van der Waals surface area contributed by atoms with Crippen molar-refractivity contribution >= 4 is 5.97 Å². The molecule has 106 valence electrons. The fourth-order valence-corrected chi connectivity index (χ4v) is 2.63. The SMILES string of the molecule is CC(C)c1c(C(=O)O)nnn1CCN1CCCCC1. The minimum absolute atomic E-state index is 0.0913. The van der Waals surface area contributed by atoms with Crippen LogP contribution >= 0.6 is 0 Å². The summed E-state index contributed by atoms with van der Waals surface area (Å²) >= 11 is 0. The molecule has 19 heavy (non-hydrogen) atoms. The lowest BCUT2D eigenvalue weighted by molar-refractivity contribution is 0.0688. The van der Waals surface area contributed by atoms with Gasteiger partial charge in [0.2, 0.25) is 0 Å². The van der Waals surface area contributed by atoms with E-state index >= 15 is 0 Å². The van der Waals surface area contributed by atoms with Crippen molar-refractivity contribution in [3.63, 3.8) is 0 Å². The fraction of sp³-hybridized carbons (Fsp3) is 0.769. The number of carbonyl (C=O) groups is 1. The lowest BCUT2D eigenvalue weighted by Crippen LogP contribution is -2.33. The highest BCUT2D eigenvalue weighted by Crippen LogP contribution is 2.18. The summed E-state index contributed by atoms with van der Waals surface area (Å²) < 4.78 is 1.75. The van der Waals surface area contributed by atoms with E-state index in [4.69, 9.17) is 5.11 Å². The topological polar surface area (TPSA) is 71.2 Å². The quantitative estimate of drug-likeness (QED) is 0.876. The number of piperidine rings is 1. The zero-order valence-electron chi connectivity index (χ0n) is 11.7. The van der Waals surface area contributed by atoms with Crippen LogP contribution in [-0.4, -0.2) is 50.6 Å². The number of carboxylic acid groups (broad SMARTS) is 1. The summed E-state index contributed by atoms with van der Waals surface area (Å²) in [5.74, 6) is -0.879. The van der Waals surface area contributed by atoms with Gasteiger partial charge < -0.3 is 10.0 Å². The molecule has 1 aliphatic rings. The van der Waals surface area contributed by atoms with Gasteiger partial charge in [0.25, 0.3) is 0 Å². The third-order valence-corrected chi connectivity index (χ3v) is 3.60. The van der Waals surface area contributed by atoms with Crippen LogP contribution in [0.15, 0.2) is 0 Å². The summed E-state index contributed by atoms with van der Waals surface area (Å²) in [6.07, 6.45) is 3.84. The van der Waals surface area contributed by atoms with Crippen molar-refractivity contribution < 1.29 is 9.90 Å². The van der Waals surface area contributed by atoms with Gasteiger partial charge in [-0.2, -0.15) is 0 Å². The Morgan fingerprint density at radius 2 is 1.95 bits per heavy atom. The highest BCUT2D eigenvalue weighted by molar-refractivity contribution is 5.86. The van der Waals surface area contributed by atoms with Crippen molar-refractivity contribution in [2.75, 3.05) is 19.6 Å². The van der Waals surface area contributed by atoms with Crippen LogP contribution in [0.3, 0.4) is 0 Å². The number of hydrogen-bond acceptors (Lipinski definition) is 4. The molecule has 1 fully saturated rings. The first-order valence-corrected chi connectivity index (χ1v) is 6.98. The molecule has 0 atom stereocenters.